The first-order valence-electron chi connectivity index (χ1n) is 9.51. The molecular formula is C23H20Cl3N3O2. The van der Waals surface area contributed by atoms with Gasteiger partial charge in [-0.3, -0.25) is 15.0 Å². The number of hydrogen-bond donors (Lipinski definition) is 3. The maximum atomic E-state index is 13.1. The van der Waals surface area contributed by atoms with Crippen molar-refractivity contribution in [1.29, 1.82) is 5.41 Å². The van der Waals surface area contributed by atoms with E-state index in [0.29, 0.717) is 26.2 Å². The number of rotatable bonds is 5. The van der Waals surface area contributed by atoms with Crippen LogP contribution in [0.4, 0.5) is 0 Å². The summed E-state index contributed by atoms with van der Waals surface area (Å²) in [6.45, 7) is 1.81. The van der Waals surface area contributed by atoms with Crippen LogP contribution in [0.25, 0.3) is 0 Å². The summed E-state index contributed by atoms with van der Waals surface area (Å²) in [5.74, 6) is -2.00. The summed E-state index contributed by atoms with van der Waals surface area (Å²) in [5, 5.41) is 14.8. The highest BCUT2D eigenvalue weighted by Gasteiger charge is 2.32. The third-order valence-corrected chi connectivity index (χ3v) is 5.86. The van der Waals surface area contributed by atoms with Crippen molar-refractivity contribution < 1.29 is 9.59 Å². The molecule has 0 aromatic heterocycles. The van der Waals surface area contributed by atoms with Crippen LogP contribution in [0.2, 0.25) is 5.02 Å². The summed E-state index contributed by atoms with van der Waals surface area (Å²) in [5.41, 5.74) is 1.03. The number of carbonyl (C=O) groups is 2. The lowest BCUT2D eigenvalue weighted by molar-refractivity contribution is -0.130. The van der Waals surface area contributed by atoms with E-state index in [2.05, 4.69) is 10.6 Å². The van der Waals surface area contributed by atoms with Crippen LogP contribution in [-0.2, 0) is 9.59 Å². The Labute approximate surface area is 195 Å². The Hall–Kier alpha value is -2.60. The number of amidine groups is 1. The van der Waals surface area contributed by atoms with Gasteiger partial charge < -0.3 is 10.6 Å². The van der Waals surface area contributed by atoms with E-state index in [9.17, 15) is 9.59 Å². The Morgan fingerprint density at radius 1 is 1.03 bits per heavy atom. The molecule has 160 valence electrons. The number of carbonyl (C=O) groups excluding carboxylic acids is 2. The summed E-state index contributed by atoms with van der Waals surface area (Å²) in [4.78, 5) is 26.1. The number of amides is 2. The largest absolute Gasteiger partial charge is 0.340 e. The van der Waals surface area contributed by atoms with E-state index >= 15 is 0 Å². The zero-order valence-corrected chi connectivity index (χ0v) is 18.8. The molecule has 0 heterocycles. The third-order valence-electron chi connectivity index (χ3n) is 4.93. The minimum absolute atomic E-state index is 0.0770. The van der Waals surface area contributed by atoms with E-state index in [0.717, 1.165) is 0 Å². The van der Waals surface area contributed by atoms with Crippen molar-refractivity contribution in [2.75, 3.05) is 0 Å². The molecule has 3 N–H and O–H groups in total. The molecule has 2 aromatic carbocycles. The molecule has 0 bridgehead atoms. The van der Waals surface area contributed by atoms with Crippen molar-refractivity contribution in [2.24, 2.45) is 11.8 Å². The molecule has 1 aliphatic carbocycles. The monoisotopic (exact) mass is 475 g/mol. The predicted octanol–water partition coefficient (Wildman–Crippen LogP) is 5.15. The second-order valence-corrected chi connectivity index (χ2v) is 8.43. The van der Waals surface area contributed by atoms with Gasteiger partial charge in [0.1, 0.15) is 11.9 Å². The van der Waals surface area contributed by atoms with E-state index in [1.54, 1.807) is 60.7 Å². The average molecular weight is 477 g/mol. The Morgan fingerprint density at radius 3 is 2.42 bits per heavy atom. The highest BCUT2D eigenvalue weighted by Crippen LogP contribution is 2.33. The van der Waals surface area contributed by atoms with Gasteiger partial charge in [-0.05, 0) is 23.8 Å². The summed E-state index contributed by atoms with van der Waals surface area (Å²) in [7, 11) is 0. The van der Waals surface area contributed by atoms with Gasteiger partial charge in [-0.15, -0.1) is 0 Å². The zero-order chi connectivity index (χ0) is 22.5. The molecule has 5 nitrogen and oxygen atoms in total. The molecule has 8 heteroatoms. The molecular weight excluding hydrogens is 457 g/mol. The second kappa shape index (κ2) is 10.1. The van der Waals surface area contributed by atoms with Gasteiger partial charge in [0.2, 0.25) is 5.91 Å². The van der Waals surface area contributed by atoms with Crippen molar-refractivity contribution in [1.82, 2.24) is 10.6 Å². The van der Waals surface area contributed by atoms with Crippen molar-refractivity contribution in [3.63, 3.8) is 0 Å². The lowest BCUT2D eigenvalue weighted by Gasteiger charge is -2.26. The standard InChI is InChI=1S/C23H20Cl3N3O2/c1-13-18(11-17(25)12-19(13)26)22(30)28-20(15-8-5-9-16(24)10-15)23(31)29-21(27)14-6-3-2-4-7-14/h2-13,18,20H,1H3,(H,28,30)(H2,27,29,31). The van der Waals surface area contributed by atoms with Crippen LogP contribution < -0.4 is 10.6 Å². The lowest BCUT2D eigenvalue weighted by Crippen LogP contribution is -2.45. The fourth-order valence-corrected chi connectivity index (χ4v) is 3.96. The molecule has 0 spiro atoms. The zero-order valence-electron chi connectivity index (χ0n) is 16.5. The van der Waals surface area contributed by atoms with Crippen LogP contribution in [-0.4, -0.2) is 17.6 Å². The maximum Gasteiger partial charge on any atom is 0.252 e. The Morgan fingerprint density at radius 2 is 1.74 bits per heavy atom. The molecule has 2 aromatic rings. The second-order valence-electron chi connectivity index (χ2n) is 7.12. The number of benzene rings is 2. The van der Waals surface area contributed by atoms with Gasteiger partial charge in [-0.1, -0.05) is 90.3 Å². The molecule has 3 atom stereocenters. The van der Waals surface area contributed by atoms with Crippen LogP contribution in [0.3, 0.4) is 0 Å². The molecule has 0 saturated heterocycles. The van der Waals surface area contributed by atoms with Crippen LogP contribution in [0.1, 0.15) is 24.1 Å². The van der Waals surface area contributed by atoms with Crippen molar-refractivity contribution in [2.45, 2.75) is 13.0 Å². The Bertz CT molecular complexity index is 1070. The third kappa shape index (κ3) is 5.76. The molecule has 0 aliphatic heterocycles. The lowest BCUT2D eigenvalue weighted by atomic mass is 9.88. The molecule has 1 aliphatic rings. The highest BCUT2D eigenvalue weighted by molar-refractivity contribution is 6.35. The minimum atomic E-state index is -1.07. The number of allylic oxidation sites excluding steroid dienone is 3. The number of nitrogens with one attached hydrogen (secondary N) is 3. The predicted molar refractivity (Wildman–Crippen MR) is 124 cm³/mol. The molecule has 2 amide bonds. The van der Waals surface area contributed by atoms with Gasteiger partial charge in [-0.2, -0.15) is 0 Å². The minimum Gasteiger partial charge on any atom is -0.340 e. The summed E-state index contributed by atoms with van der Waals surface area (Å²) >= 11 is 18.4. The van der Waals surface area contributed by atoms with Gasteiger partial charge in [0.15, 0.2) is 0 Å². The summed E-state index contributed by atoms with van der Waals surface area (Å²) < 4.78 is 0. The molecule has 0 saturated carbocycles. The van der Waals surface area contributed by atoms with Gasteiger partial charge in [0.05, 0.1) is 5.92 Å². The molecule has 3 unspecified atom stereocenters. The van der Waals surface area contributed by atoms with E-state index in [4.69, 9.17) is 40.2 Å². The highest BCUT2D eigenvalue weighted by atomic mass is 35.5. The quantitative estimate of drug-likeness (QED) is 0.412. The van der Waals surface area contributed by atoms with Crippen LogP contribution >= 0.6 is 34.8 Å². The van der Waals surface area contributed by atoms with Crippen molar-refractivity contribution in [3.05, 3.63) is 93.0 Å². The van der Waals surface area contributed by atoms with Crippen LogP contribution in [0.15, 0.2) is 76.8 Å². The summed E-state index contributed by atoms with van der Waals surface area (Å²) in [6, 6.07) is 14.3. The van der Waals surface area contributed by atoms with Crippen molar-refractivity contribution >= 4 is 52.5 Å². The maximum absolute atomic E-state index is 13.1. The van der Waals surface area contributed by atoms with Gasteiger partial charge in [0.25, 0.3) is 5.91 Å². The van der Waals surface area contributed by atoms with Crippen LogP contribution in [0.5, 0.6) is 0 Å². The van der Waals surface area contributed by atoms with E-state index in [1.165, 1.54) is 0 Å². The fourth-order valence-electron chi connectivity index (χ4n) is 3.20. The Balaban J connectivity index is 1.85. The van der Waals surface area contributed by atoms with E-state index in [1.807, 2.05) is 13.0 Å². The summed E-state index contributed by atoms with van der Waals surface area (Å²) in [6.07, 6.45) is 3.20. The molecule has 0 fully saturated rings. The number of halogens is 3. The van der Waals surface area contributed by atoms with E-state index < -0.39 is 23.8 Å². The van der Waals surface area contributed by atoms with Gasteiger partial charge in [-0.25, -0.2) is 0 Å². The Kier molecular flexibility index (Phi) is 7.55. The number of hydrogen-bond acceptors (Lipinski definition) is 3. The van der Waals surface area contributed by atoms with Gasteiger partial charge in [0, 0.05) is 26.6 Å². The molecule has 3 rings (SSSR count). The fraction of sp³-hybridized carbons (Fsp3) is 0.174. The first-order chi connectivity index (χ1) is 14.8. The average Bonchev–Trinajstić information content (AvgIpc) is 2.74. The first kappa shape index (κ1) is 23.1. The van der Waals surface area contributed by atoms with Gasteiger partial charge >= 0.3 is 0 Å². The topological polar surface area (TPSA) is 82.1 Å². The van der Waals surface area contributed by atoms with Crippen LogP contribution in [0, 0.1) is 17.2 Å². The normalized spacial score (nSPS) is 19.0. The van der Waals surface area contributed by atoms with Crippen molar-refractivity contribution in [3.8, 4) is 0 Å². The molecule has 0 radical (unpaired) electrons. The first-order valence-corrected chi connectivity index (χ1v) is 10.6. The SMILES string of the molecule is CC1C(Cl)=CC(Cl)=CC1C(=O)NC(C(=O)NC(=N)c1ccccc1)c1cccc(Cl)c1. The smallest absolute Gasteiger partial charge is 0.252 e. The molecule has 31 heavy (non-hydrogen) atoms. The van der Waals surface area contributed by atoms with E-state index in [-0.39, 0.29) is 11.8 Å².